The standard InChI is InChI=1S/C12H3Cl7/c13-6-2-1-4(8(15)10(6)17)5-3-7(14)11(18)12(19)9(5)16/h1-3H/i1+1,2+1,3+1,4+1,5+1,6+1,7+1,8+1,9+1,10+1,11+1,12+1. The van der Waals surface area contributed by atoms with Crippen molar-refractivity contribution in [1.29, 1.82) is 0 Å². The van der Waals surface area contributed by atoms with Crippen LogP contribution in [0.4, 0.5) is 0 Å². The van der Waals surface area contributed by atoms with Crippen molar-refractivity contribution in [3.05, 3.63) is 53.4 Å². The fourth-order valence-corrected chi connectivity index (χ4v) is 3.04. The number of halogens is 7. The summed E-state index contributed by atoms with van der Waals surface area (Å²) >= 11 is 42.1. The number of rotatable bonds is 1. The first kappa shape index (κ1) is 15.9. The van der Waals surface area contributed by atoms with Crippen molar-refractivity contribution in [2.45, 2.75) is 0 Å². The molecule has 0 unspecified atom stereocenters. The van der Waals surface area contributed by atoms with Gasteiger partial charge < -0.3 is 0 Å². The van der Waals surface area contributed by atoms with Gasteiger partial charge in [-0.3, -0.25) is 0 Å². The second-order valence-corrected chi connectivity index (χ2v) is 6.28. The van der Waals surface area contributed by atoms with Gasteiger partial charge in [0.15, 0.2) is 0 Å². The number of hydrogen-bond acceptors (Lipinski definition) is 0. The second kappa shape index (κ2) is 6.07. The maximum atomic E-state index is 6.16. The fraction of sp³-hybridized carbons (Fsp3) is 0. The molecule has 19 heavy (non-hydrogen) atoms. The van der Waals surface area contributed by atoms with E-state index in [0.29, 0.717) is 16.1 Å². The van der Waals surface area contributed by atoms with E-state index in [2.05, 4.69) is 0 Å². The molecular weight excluding hydrogens is 404 g/mol. The Morgan fingerprint density at radius 2 is 1.00 bits per heavy atom. The van der Waals surface area contributed by atoms with Crippen LogP contribution in [0.1, 0.15) is 0 Å². The highest BCUT2D eigenvalue weighted by atomic mass is 35.5. The Bertz CT molecular complexity index is 664. The first-order chi connectivity index (χ1) is 8.84. The van der Waals surface area contributed by atoms with Gasteiger partial charge in [-0.1, -0.05) is 87.3 Å². The molecule has 0 aliphatic rings. The molecule has 2 aromatic carbocycles. The summed E-state index contributed by atoms with van der Waals surface area (Å²) in [4.78, 5) is 0. The molecule has 2 aromatic rings. The van der Waals surface area contributed by atoms with Crippen LogP contribution in [-0.4, -0.2) is 0 Å². The lowest BCUT2D eigenvalue weighted by Gasteiger charge is -2.12. The van der Waals surface area contributed by atoms with E-state index < -0.39 is 0 Å². The maximum absolute atomic E-state index is 6.16. The van der Waals surface area contributed by atoms with Crippen LogP contribution < -0.4 is 0 Å². The first-order valence-corrected chi connectivity index (χ1v) is 7.46. The zero-order chi connectivity index (χ0) is 14.3. The molecule has 0 bridgehead atoms. The minimum atomic E-state index is 0.160. The quantitative estimate of drug-likeness (QED) is 0.333. The van der Waals surface area contributed by atoms with Crippen LogP contribution in [0.15, 0.2) is 18.2 Å². The van der Waals surface area contributed by atoms with Crippen molar-refractivity contribution in [2.24, 2.45) is 0 Å². The monoisotopic (exact) mass is 404 g/mol. The van der Waals surface area contributed by atoms with E-state index in [1.807, 2.05) is 0 Å². The van der Waals surface area contributed by atoms with Crippen molar-refractivity contribution in [2.75, 3.05) is 0 Å². The summed E-state index contributed by atoms with van der Waals surface area (Å²) in [6, 6.07) is 4.86. The minimum Gasteiger partial charge on any atom is -0.0827 e. The predicted octanol–water partition coefficient (Wildman–Crippen LogP) is 7.93. The largest absolute Gasteiger partial charge is 0.0827 e. The van der Waals surface area contributed by atoms with E-state index in [-0.39, 0.29) is 30.1 Å². The van der Waals surface area contributed by atoms with Crippen molar-refractivity contribution in [3.63, 3.8) is 0 Å². The Kier molecular flexibility index (Phi) is 5.07. The van der Waals surface area contributed by atoms with E-state index in [0.717, 1.165) is 0 Å². The first-order valence-electron chi connectivity index (χ1n) is 4.81. The van der Waals surface area contributed by atoms with Crippen LogP contribution in [0.2, 0.25) is 35.2 Å². The number of hydrogen-bond donors (Lipinski definition) is 0. The molecule has 100 valence electrons. The zero-order valence-corrected chi connectivity index (χ0v) is 14.2. The molecule has 0 aliphatic heterocycles. The summed E-state index contributed by atoms with van der Waals surface area (Å²) < 4.78 is 0. The van der Waals surface area contributed by atoms with E-state index >= 15 is 0 Å². The Morgan fingerprint density at radius 3 is 1.63 bits per heavy atom. The van der Waals surface area contributed by atoms with Gasteiger partial charge in [-0.05, 0) is 12.1 Å². The SMILES string of the molecule is Cl[13c]1[13cH][13cH][13c](-[13c]2[13cH][13c](Cl)[13c](Cl)[13c](Cl)[13c]2Cl)[13c](Cl)[13c]1Cl. The summed E-state index contributed by atoms with van der Waals surface area (Å²) in [6.45, 7) is 0. The maximum Gasteiger partial charge on any atom is 0.0800 e. The minimum absolute atomic E-state index is 0.160. The molecule has 0 aromatic heterocycles. The molecular formula is C12H3Cl7. The zero-order valence-electron chi connectivity index (χ0n) is 8.88. The topological polar surface area (TPSA) is 0 Å². The highest BCUT2D eigenvalue weighted by Crippen LogP contribution is 2.46. The molecule has 0 nitrogen and oxygen atoms in total. The van der Waals surface area contributed by atoms with Crippen LogP contribution in [0.3, 0.4) is 0 Å². The third-order valence-corrected chi connectivity index (χ3v) is 5.47. The van der Waals surface area contributed by atoms with Gasteiger partial charge in [-0.15, -0.1) is 0 Å². The van der Waals surface area contributed by atoms with Crippen molar-refractivity contribution in [3.8, 4) is 11.1 Å². The average Bonchev–Trinajstić information content (AvgIpc) is 2.39. The molecule has 2 rings (SSSR count). The van der Waals surface area contributed by atoms with Gasteiger partial charge in [-0.2, -0.15) is 0 Å². The van der Waals surface area contributed by atoms with E-state index in [1.54, 1.807) is 18.2 Å². The number of benzene rings is 2. The highest BCUT2D eigenvalue weighted by molar-refractivity contribution is 6.53. The van der Waals surface area contributed by atoms with Gasteiger partial charge in [0, 0.05) is 11.1 Å². The Morgan fingerprint density at radius 1 is 0.474 bits per heavy atom. The van der Waals surface area contributed by atoms with Gasteiger partial charge in [0.05, 0.1) is 35.2 Å². The van der Waals surface area contributed by atoms with Crippen molar-refractivity contribution < 1.29 is 0 Å². The lowest BCUT2D eigenvalue weighted by atomic mass is 11.0. The molecule has 0 heterocycles. The summed E-state index contributed by atoms with van der Waals surface area (Å²) in [7, 11) is 0. The second-order valence-electron chi connectivity index (χ2n) is 3.57. The molecule has 0 aliphatic carbocycles. The molecule has 0 atom stereocenters. The lowest BCUT2D eigenvalue weighted by molar-refractivity contribution is 1.61. The summed E-state index contributed by atoms with van der Waals surface area (Å²) in [5.74, 6) is 0. The Hall–Kier alpha value is 0.470. The van der Waals surface area contributed by atoms with Gasteiger partial charge in [0.2, 0.25) is 0 Å². The normalized spacial score (nSPS) is 10.9. The summed E-state index contributed by atoms with van der Waals surface area (Å²) in [6.07, 6.45) is 0. The third kappa shape index (κ3) is 2.91. The molecule has 0 radical (unpaired) electrons. The van der Waals surface area contributed by atoms with E-state index in [9.17, 15) is 0 Å². The average molecular weight is 407 g/mol. The van der Waals surface area contributed by atoms with Crippen LogP contribution in [-0.2, 0) is 0 Å². The molecule has 0 fully saturated rings. The fourth-order valence-electron chi connectivity index (χ4n) is 1.50. The van der Waals surface area contributed by atoms with E-state index in [4.69, 9.17) is 81.2 Å². The molecule has 0 spiro atoms. The van der Waals surface area contributed by atoms with Crippen LogP contribution in [0.5, 0.6) is 0 Å². The van der Waals surface area contributed by atoms with Crippen LogP contribution in [0, 0.1) is 0 Å². The van der Waals surface area contributed by atoms with Gasteiger partial charge >= 0.3 is 0 Å². The van der Waals surface area contributed by atoms with Gasteiger partial charge in [-0.25, -0.2) is 0 Å². The molecule has 7 heteroatoms. The Labute approximate surface area is 145 Å². The highest BCUT2D eigenvalue weighted by Gasteiger charge is 2.18. The van der Waals surface area contributed by atoms with Crippen LogP contribution >= 0.6 is 81.2 Å². The van der Waals surface area contributed by atoms with E-state index in [1.165, 1.54) is 0 Å². The van der Waals surface area contributed by atoms with Crippen molar-refractivity contribution in [1.82, 2.24) is 0 Å². The van der Waals surface area contributed by atoms with Gasteiger partial charge in [0.25, 0.3) is 0 Å². The lowest BCUT2D eigenvalue weighted by Crippen LogP contribution is -1.86. The Balaban J connectivity index is 2.77. The molecule has 0 saturated heterocycles. The van der Waals surface area contributed by atoms with Crippen molar-refractivity contribution >= 4 is 81.2 Å². The summed E-state index contributed by atoms with van der Waals surface area (Å²) in [5.41, 5.74) is 1.10. The van der Waals surface area contributed by atoms with Gasteiger partial charge in [0.1, 0.15) is 0 Å². The molecule has 0 amide bonds. The molecule has 0 saturated carbocycles. The molecule has 0 N–H and O–H groups in total. The predicted molar refractivity (Wildman–Crippen MR) is 86.9 cm³/mol. The smallest absolute Gasteiger partial charge is 0.0800 e. The van der Waals surface area contributed by atoms with Crippen LogP contribution in [0.25, 0.3) is 11.1 Å². The summed E-state index contributed by atoms with van der Waals surface area (Å²) in [5, 5.41) is 1.72. The third-order valence-electron chi connectivity index (χ3n) is 2.43.